The molecule has 4 aromatic rings. The number of halogens is 2. The average Bonchev–Trinajstić information content (AvgIpc) is 3.08. The summed E-state index contributed by atoms with van der Waals surface area (Å²) in [4.78, 5) is 12.2. The standard InChI is InChI=1S/C16H10F2N6.C2H6/c17-9-1-2-14(13(18)5-9)24-16-12(7-23-24)10(3-4-21-16)11-6-20-8-22-15(11)19;1-2/h1-8H,(H2,19,20,22);1-2H3. The molecule has 2 N–H and O–H groups in total. The van der Waals surface area contributed by atoms with Gasteiger partial charge in [0.2, 0.25) is 0 Å². The van der Waals surface area contributed by atoms with Crippen molar-refractivity contribution in [1.29, 1.82) is 0 Å². The van der Waals surface area contributed by atoms with E-state index in [1.54, 1.807) is 24.7 Å². The van der Waals surface area contributed by atoms with E-state index in [4.69, 9.17) is 5.73 Å². The van der Waals surface area contributed by atoms with Gasteiger partial charge in [0.1, 0.15) is 23.6 Å². The Hall–Kier alpha value is -3.42. The number of anilines is 1. The second-order valence-electron chi connectivity index (χ2n) is 5.07. The van der Waals surface area contributed by atoms with Crippen LogP contribution in [0.2, 0.25) is 0 Å². The lowest BCUT2D eigenvalue weighted by Crippen LogP contribution is -2.01. The summed E-state index contributed by atoms with van der Waals surface area (Å²) < 4.78 is 28.5. The minimum atomic E-state index is -0.727. The minimum absolute atomic E-state index is 0.105. The van der Waals surface area contributed by atoms with E-state index in [9.17, 15) is 8.78 Å². The number of nitrogens with two attached hydrogens (primary N) is 1. The Morgan fingerprint density at radius 1 is 1.00 bits per heavy atom. The monoisotopic (exact) mass is 354 g/mol. The summed E-state index contributed by atoms with van der Waals surface area (Å²) in [5.41, 5.74) is 7.78. The quantitative estimate of drug-likeness (QED) is 0.592. The van der Waals surface area contributed by atoms with Crippen LogP contribution in [0.15, 0.2) is 49.2 Å². The van der Waals surface area contributed by atoms with E-state index in [0.717, 1.165) is 11.6 Å². The summed E-state index contributed by atoms with van der Waals surface area (Å²) in [6.07, 6.45) is 6.05. The molecular weight excluding hydrogens is 338 g/mol. The van der Waals surface area contributed by atoms with Gasteiger partial charge in [-0.1, -0.05) is 13.8 Å². The molecule has 0 aliphatic carbocycles. The molecule has 0 bridgehead atoms. The number of aromatic nitrogens is 5. The van der Waals surface area contributed by atoms with Gasteiger partial charge in [-0.2, -0.15) is 5.10 Å². The Balaban J connectivity index is 0.000000948. The molecule has 0 aliphatic rings. The van der Waals surface area contributed by atoms with Gasteiger partial charge < -0.3 is 5.73 Å². The second kappa shape index (κ2) is 7.22. The van der Waals surface area contributed by atoms with E-state index in [0.29, 0.717) is 22.4 Å². The zero-order valence-corrected chi connectivity index (χ0v) is 14.2. The van der Waals surface area contributed by atoms with Crippen molar-refractivity contribution in [3.05, 3.63) is 60.8 Å². The van der Waals surface area contributed by atoms with E-state index in [-0.39, 0.29) is 5.69 Å². The van der Waals surface area contributed by atoms with Gasteiger partial charge in [-0.05, 0) is 18.2 Å². The third-order valence-corrected chi connectivity index (χ3v) is 3.64. The highest BCUT2D eigenvalue weighted by molar-refractivity contribution is 5.95. The van der Waals surface area contributed by atoms with Gasteiger partial charge in [0.25, 0.3) is 0 Å². The van der Waals surface area contributed by atoms with E-state index in [1.165, 1.54) is 23.1 Å². The Morgan fingerprint density at radius 2 is 1.81 bits per heavy atom. The molecule has 3 aromatic heterocycles. The molecule has 0 aliphatic heterocycles. The zero-order chi connectivity index (χ0) is 18.7. The van der Waals surface area contributed by atoms with Crippen molar-refractivity contribution in [2.75, 3.05) is 5.73 Å². The first-order valence-electron chi connectivity index (χ1n) is 7.99. The normalized spacial score (nSPS) is 10.5. The fourth-order valence-corrected chi connectivity index (χ4v) is 2.54. The Morgan fingerprint density at radius 3 is 2.54 bits per heavy atom. The summed E-state index contributed by atoms with van der Waals surface area (Å²) in [6, 6.07) is 5.03. The fourth-order valence-electron chi connectivity index (χ4n) is 2.54. The van der Waals surface area contributed by atoms with Crippen molar-refractivity contribution in [2.45, 2.75) is 13.8 Å². The molecule has 4 rings (SSSR count). The molecule has 26 heavy (non-hydrogen) atoms. The van der Waals surface area contributed by atoms with Crippen molar-refractivity contribution in [2.24, 2.45) is 0 Å². The first-order valence-corrected chi connectivity index (χ1v) is 7.99. The van der Waals surface area contributed by atoms with Gasteiger partial charge in [-0.15, -0.1) is 0 Å². The lowest BCUT2D eigenvalue weighted by atomic mass is 10.1. The number of nitrogens with zero attached hydrogens (tertiary/aromatic N) is 5. The molecule has 0 atom stereocenters. The fraction of sp³-hybridized carbons (Fsp3) is 0.111. The third-order valence-electron chi connectivity index (χ3n) is 3.64. The summed E-state index contributed by atoms with van der Waals surface area (Å²) >= 11 is 0. The lowest BCUT2D eigenvalue weighted by molar-refractivity contribution is 0.574. The Labute approximate surface area is 148 Å². The number of rotatable bonds is 2. The van der Waals surface area contributed by atoms with Gasteiger partial charge in [0, 0.05) is 35.0 Å². The van der Waals surface area contributed by atoms with Crippen molar-refractivity contribution in [1.82, 2.24) is 24.7 Å². The van der Waals surface area contributed by atoms with E-state index in [2.05, 4.69) is 20.1 Å². The summed E-state index contributed by atoms with van der Waals surface area (Å²) in [5, 5.41) is 4.84. The number of hydrogen-bond donors (Lipinski definition) is 1. The molecule has 0 fully saturated rings. The van der Waals surface area contributed by atoms with E-state index < -0.39 is 11.6 Å². The van der Waals surface area contributed by atoms with Crippen LogP contribution in [0.3, 0.4) is 0 Å². The van der Waals surface area contributed by atoms with Crippen LogP contribution in [0.1, 0.15) is 13.8 Å². The highest BCUT2D eigenvalue weighted by Gasteiger charge is 2.15. The van der Waals surface area contributed by atoms with Crippen LogP contribution in [0.4, 0.5) is 14.6 Å². The SMILES string of the molecule is CC.Nc1ncncc1-c1ccnc2c1cnn2-c1ccc(F)cc1F. The molecule has 8 heteroatoms. The molecule has 3 heterocycles. The maximum absolute atomic E-state index is 14.1. The first-order chi connectivity index (χ1) is 12.6. The Bertz CT molecular complexity index is 1060. The van der Waals surface area contributed by atoms with Crippen LogP contribution in [-0.4, -0.2) is 24.7 Å². The van der Waals surface area contributed by atoms with Gasteiger partial charge >= 0.3 is 0 Å². The maximum atomic E-state index is 14.1. The number of benzene rings is 1. The van der Waals surface area contributed by atoms with Crippen molar-refractivity contribution in [3.63, 3.8) is 0 Å². The van der Waals surface area contributed by atoms with Crippen LogP contribution in [0.5, 0.6) is 0 Å². The molecule has 0 saturated heterocycles. The van der Waals surface area contributed by atoms with Crippen LogP contribution >= 0.6 is 0 Å². The highest BCUT2D eigenvalue weighted by atomic mass is 19.1. The summed E-state index contributed by atoms with van der Waals surface area (Å²) in [6.45, 7) is 4.00. The minimum Gasteiger partial charge on any atom is -0.383 e. The van der Waals surface area contributed by atoms with Gasteiger partial charge in [-0.25, -0.2) is 28.4 Å². The number of nitrogen functional groups attached to an aromatic ring is 1. The largest absolute Gasteiger partial charge is 0.383 e. The molecule has 1 aromatic carbocycles. The lowest BCUT2D eigenvalue weighted by Gasteiger charge is -2.07. The molecule has 6 nitrogen and oxygen atoms in total. The van der Waals surface area contributed by atoms with Crippen LogP contribution in [0.25, 0.3) is 27.8 Å². The van der Waals surface area contributed by atoms with E-state index in [1.807, 2.05) is 13.8 Å². The summed E-state index contributed by atoms with van der Waals surface area (Å²) in [5.74, 6) is -1.07. The van der Waals surface area contributed by atoms with Gasteiger partial charge in [0.05, 0.1) is 6.20 Å². The average molecular weight is 354 g/mol. The molecule has 0 spiro atoms. The molecule has 0 unspecified atom stereocenters. The third kappa shape index (κ3) is 2.97. The van der Waals surface area contributed by atoms with E-state index >= 15 is 0 Å². The smallest absolute Gasteiger partial charge is 0.163 e. The van der Waals surface area contributed by atoms with Crippen molar-refractivity contribution >= 4 is 16.9 Å². The van der Waals surface area contributed by atoms with Gasteiger partial charge in [0.15, 0.2) is 11.5 Å². The second-order valence-corrected chi connectivity index (χ2v) is 5.07. The topological polar surface area (TPSA) is 82.5 Å². The van der Waals surface area contributed by atoms with Crippen LogP contribution in [-0.2, 0) is 0 Å². The predicted molar refractivity (Wildman–Crippen MR) is 95.6 cm³/mol. The summed E-state index contributed by atoms with van der Waals surface area (Å²) in [7, 11) is 0. The molecule has 0 saturated carbocycles. The van der Waals surface area contributed by atoms with Crippen LogP contribution in [0, 0.1) is 11.6 Å². The van der Waals surface area contributed by atoms with Crippen LogP contribution < -0.4 is 5.73 Å². The highest BCUT2D eigenvalue weighted by Crippen LogP contribution is 2.30. The first kappa shape index (κ1) is 17.4. The molecular formula is C18H16F2N6. The van der Waals surface area contributed by atoms with Gasteiger partial charge in [-0.3, -0.25) is 0 Å². The number of pyridine rings is 1. The zero-order valence-electron chi connectivity index (χ0n) is 14.2. The number of fused-ring (bicyclic) bond motifs is 1. The molecule has 0 amide bonds. The maximum Gasteiger partial charge on any atom is 0.163 e. The molecule has 132 valence electrons. The van der Waals surface area contributed by atoms with Crippen molar-refractivity contribution in [3.8, 4) is 16.8 Å². The molecule has 0 radical (unpaired) electrons. The van der Waals surface area contributed by atoms with Crippen molar-refractivity contribution < 1.29 is 8.78 Å². The predicted octanol–water partition coefficient (Wildman–Crippen LogP) is 3.76. The Kier molecular flexibility index (Phi) is 4.83. The number of hydrogen-bond acceptors (Lipinski definition) is 5.